The molecule has 0 aliphatic heterocycles. The first-order valence-electron chi connectivity index (χ1n) is 7.09. The Morgan fingerprint density at radius 2 is 1.82 bits per heavy atom. The SMILES string of the molecule is Cc1ccc(S(=O)(=O)n2ccc(C(=O)NCC(C)C)c2)cc1. The number of hydrogen-bond acceptors (Lipinski definition) is 3. The maximum absolute atomic E-state index is 12.5. The normalized spacial score (nSPS) is 11.6. The van der Waals surface area contributed by atoms with Gasteiger partial charge in [-0.3, -0.25) is 4.79 Å². The van der Waals surface area contributed by atoms with Crippen molar-refractivity contribution in [2.45, 2.75) is 25.7 Å². The van der Waals surface area contributed by atoms with Crippen LogP contribution in [0.3, 0.4) is 0 Å². The predicted molar refractivity (Wildman–Crippen MR) is 85.4 cm³/mol. The third kappa shape index (κ3) is 3.57. The smallest absolute Gasteiger partial charge is 0.267 e. The van der Waals surface area contributed by atoms with Crippen molar-refractivity contribution in [1.29, 1.82) is 0 Å². The molecule has 0 saturated heterocycles. The third-order valence-electron chi connectivity index (χ3n) is 3.20. The number of hydrogen-bond donors (Lipinski definition) is 1. The Kier molecular flexibility index (Phi) is 4.71. The van der Waals surface area contributed by atoms with Crippen molar-refractivity contribution in [1.82, 2.24) is 9.29 Å². The van der Waals surface area contributed by atoms with Crippen LogP contribution in [0.15, 0.2) is 47.6 Å². The van der Waals surface area contributed by atoms with Gasteiger partial charge in [0.2, 0.25) is 0 Å². The van der Waals surface area contributed by atoms with Crippen molar-refractivity contribution in [3.8, 4) is 0 Å². The Bertz CT molecular complexity index is 759. The fourth-order valence-corrected chi connectivity index (χ4v) is 3.09. The van der Waals surface area contributed by atoms with Crippen LogP contribution in [0.25, 0.3) is 0 Å². The summed E-state index contributed by atoms with van der Waals surface area (Å²) in [6, 6.07) is 8.10. The summed E-state index contributed by atoms with van der Waals surface area (Å²) in [5.41, 5.74) is 1.32. The number of amides is 1. The molecule has 0 spiro atoms. The van der Waals surface area contributed by atoms with E-state index >= 15 is 0 Å². The summed E-state index contributed by atoms with van der Waals surface area (Å²) in [6.07, 6.45) is 2.73. The summed E-state index contributed by atoms with van der Waals surface area (Å²) in [6.45, 7) is 6.43. The van der Waals surface area contributed by atoms with Gasteiger partial charge in [-0.05, 0) is 31.0 Å². The Morgan fingerprint density at radius 1 is 1.18 bits per heavy atom. The van der Waals surface area contributed by atoms with E-state index in [9.17, 15) is 13.2 Å². The van der Waals surface area contributed by atoms with Crippen molar-refractivity contribution in [3.63, 3.8) is 0 Å². The average molecular weight is 320 g/mol. The molecule has 2 aromatic rings. The highest BCUT2D eigenvalue weighted by molar-refractivity contribution is 7.90. The number of benzene rings is 1. The van der Waals surface area contributed by atoms with E-state index in [2.05, 4.69) is 5.32 Å². The zero-order chi connectivity index (χ0) is 16.3. The van der Waals surface area contributed by atoms with Crippen LogP contribution in [0.4, 0.5) is 0 Å². The molecule has 0 bridgehead atoms. The highest BCUT2D eigenvalue weighted by Crippen LogP contribution is 2.16. The maximum Gasteiger partial charge on any atom is 0.267 e. The van der Waals surface area contributed by atoms with E-state index in [0.29, 0.717) is 18.0 Å². The second kappa shape index (κ2) is 6.36. The summed E-state index contributed by atoms with van der Waals surface area (Å²) in [7, 11) is -3.66. The second-order valence-electron chi connectivity index (χ2n) is 5.65. The molecule has 0 aliphatic rings. The molecule has 0 fully saturated rings. The molecule has 5 nitrogen and oxygen atoms in total. The molecule has 6 heteroatoms. The highest BCUT2D eigenvalue weighted by Gasteiger charge is 2.18. The third-order valence-corrected chi connectivity index (χ3v) is 4.85. The molecular weight excluding hydrogens is 300 g/mol. The summed E-state index contributed by atoms with van der Waals surface area (Å²) in [5, 5.41) is 2.76. The minimum atomic E-state index is -3.66. The van der Waals surface area contributed by atoms with Gasteiger partial charge in [-0.2, -0.15) is 0 Å². The number of carbonyl (C=O) groups is 1. The molecule has 1 heterocycles. The van der Waals surface area contributed by atoms with Crippen molar-refractivity contribution >= 4 is 15.9 Å². The van der Waals surface area contributed by atoms with Gasteiger partial charge in [0, 0.05) is 18.9 Å². The molecule has 0 radical (unpaired) electrons. The van der Waals surface area contributed by atoms with E-state index < -0.39 is 10.0 Å². The lowest BCUT2D eigenvalue weighted by Gasteiger charge is -2.07. The van der Waals surface area contributed by atoms with Crippen LogP contribution in [-0.4, -0.2) is 24.8 Å². The standard InChI is InChI=1S/C16H20N2O3S/c1-12(2)10-17-16(19)14-8-9-18(11-14)22(20,21)15-6-4-13(3)5-7-15/h4-9,11-12H,10H2,1-3H3,(H,17,19). The van der Waals surface area contributed by atoms with Gasteiger partial charge in [0.05, 0.1) is 10.5 Å². The maximum atomic E-state index is 12.5. The van der Waals surface area contributed by atoms with Gasteiger partial charge >= 0.3 is 0 Å². The quantitative estimate of drug-likeness (QED) is 0.920. The number of carbonyl (C=O) groups excluding carboxylic acids is 1. The second-order valence-corrected chi connectivity index (χ2v) is 7.50. The summed E-state index contributed by atoms with van der Waals surface area (Å²) < 4.78 is 26.0. The fraction of sp³-hybridized carbons (Fsp3) is 0.312. The highest BCUT2D eigenvalue weighted by atomic mass is 32.2. The van der Waals surface area contributed by atoms with Gasteiger partial charge in [0.1, 0.15) is 0 Å². The van der Waals surface area contributed by atoms with Gasteiger partial charge in [-0.1, -0.05) is 31.5 Å². The monoisotopic (exact) mass is 320 g/mol. The van der Waals surface area contributed by atoms with Gasteiger partial charge < -0.3 is 5.32 Å². The first-order chi connectivity index (χ1) is 10.3. The average Bonchev–Trinajstić information content (AvgIpc) is 2.95. The van der Waals surface area contributed by atoms with Gasteiger partial charge in [-0.15, -0.1) is 0 Å². The molecule has 2 rings (SSSR count). The zero-order valence-electron chi connectivity index (χ0n) is 12.9. The van der Waals surface area contributed by atoms with Crippen LogP contribution in [-0.2, 0) is 10.0 Å². The van der Waals surface area contributed by atoms with Crippen LogP contribution in [0.1, 0.15) is 29.8 Å². The van der Waals surface area contributed by atoms with Crippen LogP contribution in [0.5, 0.6) is 0 Å². The molecule has 0 unspecified atom stereocenters. The van der Waals surface area contributed by atoms with Crippen molar-refractivity contribution < 1.29 is 13.2 Å². The largest absolute Gasteiger partial charge is 0.352 e. The lowest BCUT2D eigenvalue weighted by molar-refractivity contribution is 0.0949. The number of aromatic nitrogens is 1. The van der Waals surface area contributed by atoms with Crippen molar-refractivity contribution in [2.75, 3.05) is 6.54 Å². The van der Waals surface area contributed by atoms with E-state index in [1.807, 2.05) is 20.8 Å². The Hall–Kier alpha value is -2.08. The molecule has 1 N–H and O–H groups in total. The Labute approximate surface area is 131 Å². The number of nitrogens with one attached hydrogen (secondary N) is 1. The fourth-order valence-electron chi connectivity index (χ4n) is 1.89. The van der Waals surface area contributed by atoms with E-state index in [-0.39, 0.29) is 10.8 Å². The predicted octanol–water partition coefficient (Wildman–Crippen LogP) is 2.42. The van der Waals surface area contributed by atoms with Crippen LogP contribution < -0.4 is 5.32 Å². The lowest BCUT2D eigenvalue weighted by atomic mass is 10.2. The minimum absolute atomic E-state index is 0.197. The van der Waals surface area contributed by atoms with Gasteiger partial charge in [0.15, 0.2) is 0 Å². The zero-order valence-corrected chi connectivity index (χ0v) is 13.7. The number of rotatable bonds is 5. The molecule has 0 aliphatic carbocycles. The summed E-state index contributed by atoms with van der Waals surface area (Å²) in [5.74, 6) is 0.0638. The van der Waals surface area contributed by atoms with E-state index in [1.165, 1.54) is 18.5 Å². The number of aryl methyl sites for hydroxylation is 1. The Balaban J connectivity index is 2.23. The molecule has 118 valence electrons. The summed E-state index contributed by atoms with van der Waals surface area (Å²) in [4.78, 5) is 12.1. The number of nitrogens with zero attached hydrogens (tertiary/aromatic N) is 1. The van der Waals surface area contributed by atoms with Crippen LogP contribution in [0.2, 0.25) is 0 Å². The molecule has 0 atom stereocenters. The van der Waals surface area contributed by atoms with Crippen LogP contribution >= 0.6 is 0 Å². The summed E-state index contributed by atoms with van der Waals surface area (Å²) >= 11 is 0. The van der Waals surface area contributed by atoms with Crippen LogP contribution in [0, 0.1) is 12.8 Å². The van der Waals surface area contributed by atoms with Crippen molar-refractivity contribution in [2.24, 2.45) is 5.92 Å². The minimum Gasteiger partial charge on any atom is -0.352 e. The topological polar surface area (TPSA) is 68.2 Å². The first kappa shape index (κ1) is 16.3. The Morgan fingerprint density at radius 3 is 2.41 bits per heavy atom. The van der Waals surface area contributed by atoms with Crippen molar-refractivity contribution in [3.05, 3.63) is 53.9 Å². The first-order valence-corrected chi connectivity index (χ1v) is 8.53. The van der Waals surface area contributed by atoms with Gasteiger partial charge in [0.25, 0.3) is 15.9 Å². The molecule has 0 saturated carbocycles. The lowest BCUT2D eigenvalue weighted by Crippen LogP contribution is -2.27. The molecule has 1 amide bonds. The van der Waals surface area contributed by atoms with E-state index in [4.69, 9.17) is 0 Å². The molecule has 1 aromatic heterocycles. The van der Waals surface area contributed by atoms with Gasteiger partial charge in [-0.25, -0.2) is 12.4 Å². The van der Waals surface area contributed by atoms with E-state index in [1.54, 1.807) is 24.3 Å². The molecule has 22 heavy (non-hydrogen) atoms. The molecule has 1 aromatic carbocycles. The molecular formula is C16H20N2O3S. The van der Waals surface area contributed by atoms with E-state index in [0.717, 1.165) is 9.54 Å².